The molecular weight excluding hydrogens is 376 g/mol. The van der Waals surface area contributed by atoms with Gasteiger partial charge in [0.2, 0.25) is 0 Å². The van der Waals surface area contributed by atoms with Crippen LogP contribution in [0.4, 0.5) is 11.4 Å². The molecule has 4 aromatic rings. The monoisotopic (exact) mass is 406 g/mol. The fourth-order valence-electron chi connectivity index (χ4n) is 3.61. The number of nitro benzene ring substituents is 1. The lowest BCUT2D eigenvalue weighted by atomic mass is 9.87. The second-order valence-corrected chi connectivity index (χ2v) is 9.70. The van der Waals surface area contributed by atoms with E-state index in [1.807, 2.05) is 24.4 Å². The number of nitrogen functional groups attached to an aromatic ring is 1. The number of nitrogens with two attached hydrogens (primary N) is 1. The lowest BCUT2D eigenvalue weighted by Crippen LogP contribution is -2.09. The number of fused-ring (bicyclic) bond motifs is 2. The van der Waals surface area contributed by atoms with Gasteiger partial charge >= 0.3 is 0 Å². The first-order valence-corrected chi connectivity index (χ1v) is 10.0. The molecule has 0 fully saturated rings. The Hall–Kier alpha value is -3.28. The van der Waals surface area contributed by atoms with Crippen LogP contribution < -0.4 is 5.73 Å². The number of nitrogens with zero attached hydrogens (tertiary/aromatic N) is 1. The van der Waals surface area contributed by atoms with E-state index >= 15 is 0 Å². The van der Waals surface area contributed by atoms with E-state index in [1.54, 1.807) is 12.1 Å². The molecule has 2 heterocycles. The maximum Gasteiger partial charge on any atom is 0.271 e. The molecule has 2 aromatic carbocycles. The molecule has 0 radical (unpaired) electrons. The van der Waals surface area contributed by atoms with E-state index in [1.165, 1.54) is 16.5 Å². The first kappa shape index (κ1) is 21.4. The Morgan fingerprint density at radius 1 is 0.800 bits per heavy atom. The van der Waals surface area contributed by atoms with Crippen LogP contribution in [-0.2, 0) is 10.8 Å². The van der Waals surface area contributed by atoms with Gasteiger partial charge in [0.25, 0.3) is 5.69 Å². The number of aromatic amines is 2. The summed E-state index contributed by atoms with van der Waals surface area (Å²) < 4.78 is 0. The van der Waals surface area contributed by atoms with Crippen molar-refractivity contribution in [3.63, 3.8) is 0 Å². The average molecular weight is 407 g/mol. The third-order valence-electron chi connectivity index (χ3n) is 5.20. The van der Waals surface area contributed by atoms with Crippen molar-refractivity contribution in [3.05, 3.63) is 70.0 Å². The van der Waals surface area contributed by atoms with Crippen molar-refractivity contribution < 1.29 is 4.92 Å². The Balaban J connectivity index is 0.000000172. The Morgan fingerprint density at radius 2 is 1.27 bits per heavy atom. The molecule has 0 atom stereocenters. The van der Waals surface area contributed by atoms with E-state index in [4.69, 9.17) is 5.73 Å². The maximum atomic E-state index is 10.6. The van der Waals surface area contributed by atoms with Crippen LogP contribution in [0.25, 0.3) is 21.8 Å². The largest absolute Gasteiger partial charge is 0.399 e. The van der Waals surface area contributed by atoms with Crippen molar-refractivity contribution in [3.8, 4) is 0 Å². The van der Waals surface area contributed by atoms with Gasteiger partial charge in [-0.25, -0.2) is 0 Å². The van der Waals surface area contributed by atoms with Gasteiger partial charge in [-0.15, -0.1) is 0 Å². The maximum absolute atomic E-state index is 10.6. The van der Waals surface area contributed by atoms with Crippen molar-refractivity contribution in [1.29, 1.82) is 0 Å². The van der Waals surface area contributed by atoms with Crippen molar-refractivity contribution in [2.75, 3.05) is 5.73 Å². The van der Waals surface area contributed by atoms with Crippen molar-refractivity contribution in [1.82, 2.24) is 9.97 Å². The number of nitrogens with one attached hydrogen (secondary N) is 2. The number of hydrogen-bond acceptors (Lipinski definition) is 3. The average Bonchev–Trinajstić information content (AvgIpc) is 3.24. The highest BCUT2D eigenvalue weighted by Gasteiger charge is 2.19. The van der Waals surface area contributed by atoms with Gasteiger partial charge in [0.05, 0.1) is 10.4 Å². The standard InChI is InChI=1S/C12H14N2O2.C12H16N2/c1-12(2,3)10-7-13-11-6-8(14(15)16)4-5-9(10)11;1-12(2,3)10-7-14-11-6-8(13)4-5-9(10)11/h4-7,13H,1-3H3;4-7,14H,13H2,1-3H3. The number of benzene rings is 2. The van der Waals surface area contributed by atoms with Gasteiger partial charge < -0.3 is 15.7 Å². The van der Waals surface area contributed by atoms with Gasteiger partial charge in [-0.1, -0.05) is 47.6 Å². The summed E-state index contributed by atoms with van der Waals surface area (Å²) in [6.07, 6.45) is 4.00. The van der Waals surface area contributed by atoms with Gasteiger partial charge in [0, 0.05) is 46.5 Å². The topological polar surface area (TPSA) is 101 Å². The molecule has 0 amide bonds. The van der Waals surface area contributed by atoms with Crippen molar-refractivity contribution in [2.24, 2.45) is 0 Å². The van der Waals surface area contributed by atoms with Crippen LogP contribution in [-0.4, -0.2) is 14.9 Å². The smallest absolute Gasteiger partial charge is 0.271 e. The minimum Gasteiger partial charge on any atom is -0.399 e. The van der Waals surface area contributed by atoms with E-state index in [0.29, 0.717) is 0 Å². The molecule has 6 heteroatoms. The van der Waals surface area contributed by atoms with Crippen LogP contribution in [0.5, 0.6) is 0 Å². The molecule has 0 saturated heterocycles. The SMILES string of the molecule is CC(C)(C)c1c[nH]c2cc(N)ccc12.CC(C)(C)c1c[nH]c2cc([N+](=O)[O-])ccc12. The third kappa shape index (κ3) is 4.32. The van der Waals surface area contributed by atoms with Crippen LogP contribution in [0.15, 0.2) is 48.8 Å². The van der Waals surface area contributed by atoms with E-state index in [-0.39, 0.29) is 21.4 Å². The number of H-pyrrole nitrogens is 2. The number of aromatic nitrogens is 2. The highest BCUT2D eigenvalue weighted by Crippen LogP contribution is 2.32. The number of hydrogen-bond donors (Lipinski definition) is 3. The van der Waals surface area contributed by atoms with Gasteiger partial charge in [0.1, 0.15) is 0 Å². The molecule has 0 aliphatic rings. The van der Waals surface area contributed by atoms with Gasteiger partial charge in [-0.05, 0) is 40.2 Å². The molecule has 0 spiro atoms. The van der Waals surface area contributed by atoms with Gasteiger partial charge in [-0.3, -0.25) is 10.1 Å². The normalized spacial score (nSPS) is 12.1. The van der Waals surface area contributed by atoms with Crippen LogP contribution in [0.2, 0.25) is 0 Å². The summed E-state index contributed by atoms with van der Waals surface area (Å²) in [5.41, 5.74) is 11.3. The zero-order valence-electron chi connectivity index (χ0n) is 18.5. The fourth-order valence-corrected chi connectivity index (χ4v) is 3.61. The van der Waals surface area contributed by atoms with Crippen LogP contribution >= 0.6 is 0 Å². The van der Waals surface area contributed by atoms with Crippen LogP contribution in [0.1, 0.15) is 52.7 Å². The molecule has 0 aliphatic carbocycles. The first-order chi connectivity index (χ1) is 13.9. The number of non-ortho nitro benzene ring substituents is 1. The number of anilines is 1. The Bertz CT molecular complexity index is 1200. The summed E-state index contributed by atoms with van der Waals surface area (Å²) in [4.78, 5) is 16.6. The third-order valence-corrected chi connectivity index (χ3v) is 5.20. The van der Waals surface area contributed by atoms with Crippen LogP contribution in [0, 0.1) is 10.1 Å². The molecule has 4 rings (SSSR count). The molecule has 0 unspecified atom stereocenters. The first-order valence-electron chi connectivity index (χ1n) is 10.0. The zero-order chi connectivity index (χ0) is 22.3. The second kappa shape index (κ2) is 7.52. The number of rotatable bonds is 1. The summed E-state index contributed by atoms with van der Waals surface area (Å²) in [5, 5.41) is 13.0. The van der Waals surface area contributed by atoms with E-state index in [9.17, 15) is 10.1 Å². The van der Waals surface area contributed by atoms with Gasteiger partial charge in [-0.2, -0.15) is 0 Å². The molecule has 30 heavy (non-hydrogen) atoms. The minimum atomic E-state index is -0.378. The predicted molar refractivity (Wildman–Crippen MR) is 125 cm³/mol. The Labute approximate surface area is 176 Å². The number of nitro groups is 1. The lowest BCUT2D eigenvalue weighted by molar-refractivity contribution is -0.384. The molecule has 0 bridgehead atoms. The molecule has 0 aliphatic heterocycles. The summed E-state index contributed by atoms with van der Waals surface area (Å²) in [7, 11) is 0. The van der Waals surface area contributed by atoms with E-state index < -0.39 is 0 Å². The summed E-state index contributed by atoms with van der Waals surface area (Å²) in [6, 6.07) is 10.9. The highest BCUT2D eigenvalue weighted by atomic mass is 16.6. The highest BCUT2D eigenvalue weighted by molar-refractivity contribution is 5.87. The molecule has 6 nitrogen and oxygen atoms in total. The van der Waals surface area contributed by atoms with Gasteiger partial charge in [0.15, 0.2) is 0 Å². The van der Waals surface area contributed by atoms with E-state index in [0.717, 1.165) is 22.1 Å². The van der Waals surface area contributed by atoms with Crippen LogP contribution in [0.3, 0.4) is 0 Å². The lowest BCUT2D eigenvalue weighted by Gasteiger charge is -2.17. The molecule has 0 saturated carbocycles. The fraction of sp³-hybridized carbons (Fsp3) is 0.333. The summed E-state index contributed by atoms with van der Waals surface area (Å²) >= 11 is 0. The summed E-state index contributed by atoms with van der Waals surface area (Å²) in [6.45, 7) is 13.0. The molecular formula is C24H30N4O2. The van der Waals surface area contributed by atoms with Crippen molar-refractivity contribution >= 4 is 33.2 Å². The Morgan fingerprint density at radius 3 is 1.73 bits per heavy atom. The summed E-state index contributed by atoms with van der Waals surface area (Å²) in [5.74, 6) is 0. The zero-order valence-corrected chi connectivity index (χ0v) is 18.5. The molecule has 4 N–H and O–H groups in total. The molecule has 158 valence electrons. The van der Waals surface area contributed by atoms with E-state index in [2.05, 4.69) is 63.8 Å². The quantitative estimate of drug-likeness (QED) is 0.193. The van der Waals surface area contributed by atoms with Crippen molar-refractivity contribution in [2.45, 2.75) is 52.4 Å². The Kier molecular flexibility index (Phi) is 5.37. The predicted octanol–water partition coefficient (Wildman–Crippen LogP) is 6.42. The molecule has 2 aromatic heterocycles. The second-order valence-electron chi connectivity index (χ2n) is 9.70. The minimum absolute atomic E-state index is 0.0361.